The normalized spacial score (nSPS) is 14.6. The molecule has 0 amide bonds. The van der Waals surface area contributed by atoms with E-state index in [9.17, 15) is 8.78 Å². The third-order valence-corrected chi connectivity index (χ3v) is 3.06. The minimum absolute atomic E-state index is 0.0177. The van der Waals surface area contributed by atoms with E-state index in [0.29, 0.717) is 16.9 Å². The van der Waals surface area contributed by atoms with E-state index in [0.717, 1.165) is 5.56 Å². The molecule has 21 heavy (non-hydrogen) atoms. The van der Waals surface area contributed by atoms with Crippen LogP contribution in [0.1, 0.15) is 11.1 Å². The average molecular weight is 288 g/mol. The van der Waals surface area contributed by atoms with Crippen molar-refractivity contribution >= 4 is 11.4 Å². The predicted octanol–water partition coefficient (Wildman–Crippen LogP) is 3.93. The van der Waals surface area contributed by atoms with Crippen molar-refractivity contribution in [3.8, 4) is 17.6 Å². The van der Waals surface area contributed by atoms with Gasteiger partial charge in [-0.25, -0.2) is 0 Å². The molecular weight excluding hydrogens is 278 g/mol. The number of fused-ring (bicyclic) bond motifs is 1. The number of para-hydroxylation sites is 1. The summed E-state index contributed by atoms with van der Waals surface area (Å²) >= 11 is 0. The number of nitrogens with zero attached hydrogens (tertiary/aromatic N) is 1. The Kier molecular flexibility index (Phi) is 2.91. The molecule has 0 spiro atoms. The van der Waals surface area contributed by atoms with Gasteiger partial charge in [0.25, 0.3) is 0 Å². The third kappa shape index (κ3) is 2.46. The molecule has 0 saturated carbocycles. The van der Waals surface area contributed by atoms with Gasteiger partial charge in [0, 0.05) is 11.8 Å². The lowest BCUT2D eigenvalue weighted by Gasteiger charge is -2.11. The highest BCUT2D eigenvalue weighted by molar-refractivity contribution is 5.71. The molecule has 0 saturated heterocycles. The SMILES string of the molecule is Cc1cccc(C#N)c1Nc1ccc2c(c1)OC(F)(F)O2. The zero-order chi connectivity index (χ0) is 15.0. The summed E-state index contributed by atoms with van der Waals surface area (Å²) in [5.74, 6) is -0.0621. The van der Waals surface area contributed by atoms with Gasteiger partial charge in [-0.05, 0) is 30.7 Å². The number of halogens is 2. The van der Waals surface area contributed by atoms with Crippen LogP contribution in [0.5, 0.6) is 11.5 Å². The van der Waals surface area contributed by atoms with Crippen molar-refractivity contribution in [3.05, 3.63) is 47.5 Å². The standard InChI is InChI=1S/C15H10F2N2O2/c1-9-3-2-4-10(8-18)14(9)19-11-5-6-12-13(7-11)21-15(16,17)20-12/h2-7,19H,1H3. The lowest BCUT2D eigenvalue weighted by Crippen LogP contribution is -2.25. The Morgan fingerprint density at radius 1 is 1.14 bits per heavy atom. The molecule has 1 heterocycles. The number of nitriles is 1. The molecule has 0 bridgehead atoms. The maximum Gasteiger partial charge on any atom is 0.586 e. The lowest BCUT2D eigenvalue weighted by atomic mass is 10.1. The zero-order valence-corrected chi connectivity index (χ0v) is 11.0. The van der Waals surface area contributed by atoms with Gasteiger partial charge < -0.3 is 14.8 Å². The van der Waals surface area contributed by atoms with Gasteiger partial charge >= 0.3 is 6.29 Å². The van der Waals surface area contributed by atoms with Crippen molar-refractivity contribution in [2.45, 2.75) is 13.2 Å². The van der Waals surface area contributed by atoms with Crippen LogP contribution in [-0.2, 0) is 0 Å². The van der Waals surface area contributed by atoms with Gasteiger partial charge in [0.1, 0.15) is 6.07 Å². The van der Waals surface area contributed by atoms with E-state index in [1.54, 1.807) is 18.2 Å². The van der Waals surface area contributed by atoms with Crippen LogP contribution in [0, 0.1) is 18.3 Å². The maximum absolute atomic E-state index is 13.0. The molecule has 106 valence electrons. The number of ether oxygens (including phenoxy) is 2. The van der Waals surface area contributed by atoms with Crippen molar-refractivity contribution in [2.75, 3.05) is 5.32 Å². The average Bonchev–Trinajstić information content (AvgIpc) is 2.74. The van der Waals surface area contributed by atoms with Gasteiger partial charge in [-0.3, -0.25) is 0 Å². The van der Waals surface area contributed by atoms with Crippen LogP contribution >= 0.6 is 0 Å². The third-order valence-electron chi connectivity index (χ3n) is 3.06. The van der Waals surface area contributed by atoms with Crippen LogP contribution in [0.25, 0.3) is 0 Å². The second-order valence-corrected chi connectivity index (χ2v) is 4.56. The molecule has 0 unspecified atom stereocenters. The van der Waals surface area contributed by atoms with E-state index < -0.39 is 6.29 Å². The highest BCUT2D eigenvalue weighted by Crippen LogP contribution is 2.42. The molecular formula is C15H10F2N2O2. The number of alkyl halides is 2. The van der Waals surface area contributed by atoms with E-state index >= 15 is 0 Å². The molecule has 1 aliphatic heterocycles. The minimum Gasteiger partial charge on any atom is -0.395 e. The summed E-state index contributed by atoms with van der Waals surface area (Å²) < 4.78 is 34.7. The zero-order valence-electron chi connectivity index (χ0n) is 11.0. The molecule has 1 aliphatic rings. The first-order chi connectivity index (χ1) is 9.98. The first-order valence-corrected chi connectivity index (χ1v) is 6.15. The van der Waals surface area contributed by atoms with Crippen LogP contribution in [0.2, 0.25) is 0 Å². The highest BCUT2D eigenvalue weighted by Gasteiger charge is 2.43. The van der Waals surface area contributed by atoms with Gasteiger partial charge in [0.2, 0.25) is 0 Å². The first-order valence-electron chi connectivity index (χ1n) is 6.15. The summed E-state index contributed by atoms with van der Waals surface area (Å²) in [4.78, 5) is 0. The fourth-order valence-electron chi connectivity index (χ4n) is 2.10. The minimum atomic E-state index is -3.64. The van der Waals surface area contributed by atoms with E-state index in [1.165, 1.54) is 12.1 Å². The molecule has 0 atom stereocenters. The highest BCUT2D eigenvalue weighted by atomic mass is 19.3. The Morgan fingerprint density at radius 3 is 2.67 bits per heavy atom. The molecule has 1 N–H and O–H groups in total. The van der Waals surface area contributed by atoms with Crippen LogP contribution in [-0.4, -0.2) is 6.29 Å². The predicted molar refractivity (Wildman–Crippen MR) is 71.8 cm³/mol. The van der Waals surface area contributed by atoms with E-state index in [-0.39, 0.29) is 11.5 Å². The van der Waals surface area contributed by atoms with Crippen LogP contribution in [0.15, 0.2) is 36.4 Å². The van der Waals surface area contributed by atoms with E-state index in [4.69, 9.17) is 5.26 Å². The molecule has 2 aromatic rings. The Balaban J connectivity index is 1.93. The summed E-state index contributed by atoms with van der Waals surface area (Å²) in [6, 6.07) is 11.8. The van der Waals surface area contributed by atoms with E-state index in [1.807, 2.05) is 13.0 Å². The Hall–Kier alpha value is -2.81. The van der Waals surface area contributed by atoms with Gasteiger partial charge in [-0.1, -0.05) is 12.1 Å². The summed E-state index contributed by atoms with van der Waals surface area (Å²) in [5.41, 5.74) is 2.50. The summed E-state index contributed by atoms with van der Waals surface area (Å²) in [5, 5.41) is 12.2. The molecule has 0 aliphatic carbocycles. The van der Waals surface area contributed by atoms with Crippen LogP contribution < -0.4 is 14.8 Å². The number of hydrogen-bond acceptors (Lipinski definition) is 4. The van der Waals surface area contributed by atoms with Gasteiger partial charge in [0.05, 0.1) is 11.3 Å². The van der Waals surface area contributed by atoms with Crippen molar-refractivity contribution in [1.29, 1.82) is 5.26 Å². The largest absolute Gasteiger partial charge is 0.586 e. The fraction of sp³-hybridized carbons (Fsp3) is 0.133. The Labute approximate surface area is 119 Å². The number of rotatable bonds is 2. The van der Waals surface area contributed by atoms with Crippen LogP contribution in [0.4, 0.5) is 20.2 Å². The van der Waals surface area contributed by atoms with Crippen LogP contribution in [0.3, 0.4) is 0 Å². The number of aryl methyl sites for hydroxylation is 1. The molecule has 2 aromatic carbocycles. The molecule has 0 fully saturated rings. The quantitative estimate of drug-likeness (QED) is 0.909. The summed E-state index contributed by atoms with van der Waals surface area (Å²) in [6.07, 6.45) is -3.64. The summed E-state index contributed by atoms with van der Waals surface area (Å²) in [6.45, 7) is 1.85. The molecule has 3 rings (SSSR count). The first kappa shape index (κ1) is 13.2. The smallest absolute Gasteiger partial charge is 0.395 e. The Bertz CT molecular complexity index is 754. The summed E-state index contributed by atoms with van der Waals surface area (Å²) in [7, 11) is 0. The van der Waals surface area contributed by atoms with Crippen molar-refractivity contribution in [1.82, 2.24) is 0 Å². The van der Waals surface area contributed by atoms with E-state index in [2.05, 4.69) is 20.9 Å². The maximum atomic E-state index is 13.0. The van der Waals surface area contributed by atoms with Gasteiger partial charge in [-0.15, -0.1) is 8.78 Å². The lowest BCUT2D eigenvalue weighted by molar-refractivity contribution is -0.286. The van der Waals surface area contributed by atoms with Crippen molar-refractivity contribution < 1.29 is 18.3 Å². The molecule has 4 nitrogen and oxygen atoms in total. The second-order valence-electron chi connectivity index (χ2n) is 4.56. The number of nitrogens with one attached hydrogen (secondary N) is 1. The number of anilines is 2. The van der Waals surface area contributed by atoms with Crippen molar-refractivity contribution in [3.63, 3.8) is 0 Å². The monoisotopic (exact) mass is 288 g/mol. The second kappa shape index (κ2) is 4.63. The van der Waals surface area contributed by atoms with Gasteiger partial charge in [-0.2, -0.15) is 5.26 Å². The Morgan fingerprint density at radius 2 is 1.90 bits per heavy atom. The number of benzene rings is 2. The fourth-order valence-corrected chi connectivity index (χ4v) is 2.10. The number of hydrogen-bond donors (Lipinski definition) is 1. The molecule has 0 aromatic heterocycles. The molecule has 6 heteroatoms. The molecule has 0 radical (unpaired) electrons. The van der Waals surface area contributed by atoms with Crippen molar-refractivity contribution in [2.24, 2.45) is 0 Å². The topological polar surface area (TPSA) is 54.3 Å². The van der Waals surface area contributed by atoms with Gasteiger partial charge in [0.15, 0.2) is 11.5 Å².